The number of oxazole rings is 1. The van der Waals surface area contributed by atoms with E-state index >= 15 is 0 Å². The molecule has 5 nitrogen and oxygen atoms in total. The second-order valence-electron chi connectivity index (χ2n) is 5.85. The number of para-hydroxylation sites is 1. The fraction of sp³-hybridized carbons (Fsp3) is 0.533. The standard InChI is InChI=1S/C15H17F3N2O3/c16-15(17,18)13-10(8-21)4-2-6-20(13)7-9-3-1-5-11-12(9)23-14(22)19-11/h1,3,5,10,13,21H,2,4,6-8H2,(H,19,22)/t10-,13-/m0/s1. The maximum Gasteiger partial charge on any atom is 0.417 e. The van der Waals surface area contributed by atoms with Gasteiger partial charge in [-0.25, -0.2) is 4.79 Å². The van der Waals surface area contributed by atoms with E-state index in [-0.39, 0.29) is 18.7 Å². The second-order valence-corrected chi connectivity index (χ2v) is 5.85. The summed E-state index contributed by atoms with van der Waals surface area (Å²) < 4.78 is 45.3. The van der Waals surface area contributed by atoms with Crippen molar-refractivity contribution in [3.63, 3.8) is 0 Å². The Morgan fingerprint density at radius 2 is 2.17 bits per heavy atom. The van der Waals surface area contributed by atoms with Gasteiger partial charge in [-0.05, 0) is 25.5 Å². The molecule has 1 aliphatic heterocycles. The lowest BCUT2D eigenvalue weighted by Gasteiger charge is -2.41. The molecular weight excluding hydrogens is 313 g/mol. The molecule has 8 heteroatoms. The van der Waals surface area contributed by atoms with Crippen LogP contribution in [0.25, 0.3) is 11.1 Å². The van der Waals surface area contributed by atoms with Crippen molar-refractivity contribution in [2.24, 2.45) is 5.92 Å². The Labute approximate surface area is 129 Å². The van der Waals surface area contributed by atoms with E-state index in [0.29, 0.717) is 23.9 Å². The normalized spacial score (nSPS) is 23.5. The Bertz CT molecular complexity index is 737. The molecule has 126 valence electrons. The van der Waals surface area contributed by atoms with Gasteiger partial charge in [-0.15, -0.1) is 0 Å². The molecule has 0 radical (unpaired) electrons. The number of hydrogen-bond donors (Lipinski definition) is 2. The summed E-state index contributed by atoms with van der Waals surface area (Å²) in [6.07, 6.45) is -3.48. The summed E-state index contributed by atoms with van der Waals surface area (Å²) in [5.41, 5.74) is 1.27. The monoisotopic (exact) mass is 330 g/mol. The highest BCUT2D eigenvalue weighted by Gasteiger charge is 2.49. The van der Waals surface area contributed by atoms with Crippen molar-refractivity contribution in [2.75, 3.05) is 13.2 Å². The number of hydrogen-bond acceptors (Lipinski definition) is 4. The van der Waals surface area contributed by atoms with Crippen molar-refractivity contribution in [3.05, 3.63) is 34.3 Å². The zero-order valence-electron chi connectivity index (χ0n) is 12.3. The minimum Gasteiger partial charge on any atom is -0.408 e. The van der Waals surface area contributed by atoms with Crippen molar-refractivity contribution in [3.8, 4) is 0 Å². The van der Waals surface area contributed by atoms with Gasteiger partial charge in [-0.1, -0.05) is 12.1 Å². The van der Waals surface area contributed by atoms with Crippen molar-refractivity contribution in [2.45, 2.75) is 31.6 Å². The van der Waals surface area contributed by atoms with E-state index in [2.05, 4.69) is 4.98 Å². The first kappa shape index (κ1) is 16.1. The van der Waals surface area contributed by atoms with Gasteiger partial charge in [0, 0.05) is 24.6 Å². The number of aliphatic hydroxyl groups is 1. The number of aliphatic hydroxyl groups excluding tert-OH is 1. The summed E-state index contributed by atoms with van der Waals surface area (Å²) >= 11 is 0. The molecule has 2 atom stereocenters. The molecule has 1 aromatic carbocycles. The average Bonchev–Trinajstić information content (AvgIpc) is 2.87. The average molecular weight is 330 g/mol. The molecule has 2 N–H and O–H groups in total. The van der Waals surface area contributed by atoms with Crippen molar-refractivity contribution < 1.29 is 22.7 Å². The maximum absolute atomic E-state index is 13.4. The number of rotatable bonds is 3. The maximum atomic E-state index is 13.4. The molecule has 0 saturated carbocycles. The van der Waals surface area contributed by atoms with E-state index in [1.807, 2.05) is 0 Å². The number of aromatic amines is 1. The highest BCUT2D eigenvalue weighted by atomic mass is 19.4. The Kier molecular flexibility index (Phi) is 4.20. The molecule has 1 saturated heterocycles. The minimum atomic E-state index is -4.42. The molecule has 1 aliphatic rings. The van der Waals surface area contributed by atoms with Crippen molar-refractivity contribution in [1.82, 2.24) is 9.88 Å². The number of piperidine rings is 1. The van der Waals surface area contributed by atoms with Crippen LogP contribution in [-0.2, 0) is 6.54 Å². The first-order chi connectivity index (χ1) is 10.9. The van der Waals surface area contributed by atoms with E-state index in [9.17, 15) is 23.1 Å². The Morgan fingerprint density at radius 1 is 1.39 bits per heavy atom. The molecule has 1 aromatic heterocycles. The third kappa shape index (κ3) is 3.13. The highest BCUT2D eigenvalue weighted by molar-refractivity contribution is 5.75. The highest BCUT2D eigenvalue weighted by Crippen LogP contribution is 2.36. The van der Waals surface area contributed by atoms with Crippen LogP contribution in [0.15, 0.2) is 27.4 Å². The van der Waals surface area contributed by atoms with Crippen LogP contribution >= 0.6 is 0 Å². The number of fused-ring (bicyclic) bond motifs is 1. The van der Waals surface area contributed by atoms with Gasteiger partial charge in [0.15, 0.2) is 5.58 Å². The number of nitrogens with zero attached hydrogens (tertiary/aromatic N) is 1. The van der Waals surface area contributed by atoms with E-state index in [1.54, 1.807) is 18.2 Å². The van der Waals surface area contributed by atoms with Gasteiger partial charge < -0.3 is 9.52 Å². The number of likely N-dealkylation sites (tertiary alicyclic amines) is 1. The smallest absolute Gasteiger partial charge is 0.408 e. The van der Waals surface area contributed by atoms with Crippen LogP contribution in [-0.4, -0.2) is 40.4 Å². The van der Waals surface area contributed by atoms with Crippen LogP contribution in [0.5, 0.6) is 0 Å². The molecule has 3 rings (SSSR count). The first-order valence-electron chi connectivity index (χ1n) is 7.42. The van der Waals surface area contributed by atoms with Gasteiger partial charge in [0.1, 0.15) is 6.04 Å². The number of alkyl halides is 3. The van der Waals surface area contributed by atoms with E-state index < -0.39 is 30.5 Å². The molecule has 0 unspecified atom stereocenters. The Hall–Kier alpha value is -1.80. The largest absolute Gasteiger partial charge is 0.417 e. The summed E-state index contributed by atoms with van der Waals surface area (Å²) in [4.78, 5) is 15.1. The van der Waals surface area contributed by atoms with Gasteiger partial charge in [-0.2, -0.15) is 13.2 Å². The summed E-state index contributed by atoms with van der Waals surface area (Å²) in [5, 5.41) is 9.29. The summed E-state index contributed by atoms with van der Waals surface area (Å²) in [5.74, 6) is -1.46. The number of nitrogens with one attached hydrogen (secondary N) is 1. The molecule has 0 aliphatic carbocycles. The fourth-order valence-electron chi connectivity index (χ4n) is 3.37. The van der Waals surface area contributed by atoms with Crippen LogP contribution in [0.2, 0.25) is 0 Å². The number of aromatic nitrogens is 1. The van der Waals surface area contributed by atoms with E-state index in [0.717, 1.165) is 0 Å². The summed E-state index contributed by atoms with van der Waals surface area (Å²) in [7, 11) is 0. The molecule has 2 heterocycles. The third-order valence-corrected chi connectivity index (χ3v) is 4.33. The van der Waals surface area contributed by atoms with Gasteiger partial charge in [-0.3, -0.25) is 9.88 Å². The lowest BCUT2D eigenvalue weighted by atomic mass is 9.89. The summed E-state index contributed by atoms with van der Waals surface area (Å²) in [6.45, 7) is -0.200. The van der Waals surface area contributed by atoms with Gasteiger partial charge in [0.2, 0.25) is 0 Å². The second kappa shape index (κ2) is 6.01. The van der Waals surface area contributed by atoms with E-state index in [4.69, 9.17) is 4.42 Å². The van der Waals surface area contributed by atoms with Gasteiger partial charge in [0.25, 0.3) is 0 Å². The number of halogens is 3. The summed E-state index contributed by atoms with van der Waals surface area (Å²) in [6, 6.07) is 3.26. The lowest BCUT2D eigenvalue weighted by Crippen LogP contribution is -2.54. The third-order valence-electron chi connectivity index (χ3n) is 4.33. The Morgan fingerprint density at radius 3 is 2.87 bits per heavy atom. The van der Waals surface area contributed by atoms with Crippen LogP contribution in [0.4, 0.5) is 13.2 Å². The zero-order valence-corrected chi connectivity index (χ0v) is 12.3. The fourth-order valence-corrected chi connectivity index (χ4v) is 3.37. The van der Waals surface area contributed by atoms with Gasteiger partial charge >= 0.3 is 11.9 Å². The van der Waals surface area contributed by atoms with Crippen LogP contribution in [0, 0.1) is 5.92 Å². The van der Waals surface area contributed by atoms with E-state index in [1.165, 1.54) is 4.90 Å². The van der Waals surface area contributed by atoms with Crippen LogP contribution < -0.4 is 5.76 Å². The number of benzene rings is 1. The molecule has 0 spiro atoms. The topological polar surface area (TPSA) is 69.5 Å². The van der Waals surface area contributed by atoms with Gasteiger partial charge in [0.05, 0.1) is 5.52 Å². The molecule has 2 aromatic rings. The van der Waals surface area contributed by atoms with Crippen LogP contribution in [0.3, 0.4) is 0 Å². The Balaban J connectivity index is 1.94. The van der Waals surface area contributed by atoms with Crippen molar-refractivity contribution >= 4 is 11.1 Å². The zero-order chi connectivity index (χ0) is 16.6. The minimum absolute atomic E-state index is 0.0127. The lowest BCUT2D eigenvalue weighted by molar-refractivity contribution is -0.210. The predicted octanol–water partition coefficient (Wildman–Crippen LogP) is 2.26. The van der Waals surface area contributed by atoms with Crippen molar-refractivity contribution in [1.29, 1.82) is 0 Å². The molecular formula is C15H17F3N2O3. The first-order valence-corrected chi connectivity index (χ1v) is 7.42. The quantitative estimate of drug-likeness (QED) is 0.906. The predicted molar refractivity (Wildman–Crippen MR) is 76.9 cm³/mol. The molecule has 0 amide bonds. The molecule has 0 bridgehead atoms. The molecule has 1 fully saturated rings. The SMILES string of the molecule is O=c1[nH]c2cccc(CN3CCC[C@@H](CO)[C@H]3C(F)(F)F)c2o1. The van der Waals surface area contributed by atoms with Crippen LogP contribution in [0.1, 0.15) is 18.4 Å². The number of H-pyrrole nitrogens is 1. The molecule has 23 heavy (non-hydrogen) atoms.